The van der Waals surface area contributed by atoms with Gasteiger partial charge in [0.25, 0.3) is 0 Å². The van der Waals surface area contributed by atoms with Crippen LogP contribution in [0.25, 0.3) is 10.8 Å². The number of amides is 1. The minimum Gasteiger partial charge on any atom is -0.481 e. The van der Waals surface area contributed by atoms with Crippen molar-refractivity contribution in [1.29, 1.82) is 0 Å². The number of carboxylic acids is 1. The van der Waals surface area contributed by atoms with Gasteiger partial charge in [0, 0.05) is 12.2 Å². The molecule has 3 N–H and O–H groups in total. The molecular weight excluding hydrogens is 372 g/mol. The fourth-order valence-electron chi connectivity index (χ4n) is 3.82. The maximum absolute atomic E-state index is 12.6. The van der Waals surface area contributed by atoms with Crippen molar-refractivity contribution >= 4 is 28.9 Å². The number of benzene rings is 2. The van der Waals surface area contributed by atoms with Crippen LogP contribution in [0.5, 0.6) is 0 Å². The zero-order valence-corrected chi connectivity index (χ0v) is 16.4. The molecule has 7 nitrogen and oxygen atoms in total. The second-order valence-corrected chi connectivity index (χ2v) is 7.37. The Morgan fingerprint density at radius 2 is 1.97 bits per heavy atom. The molecule has 0 bridgehead atoms. The van der Waals surface area contributed by atoms with E-state index in [4.69, 9.17) is 9.84 Å². The number of nitrogens with one attached hydrogen (secondary N) is 2. The molecule has 154 valence electrons. The Morgan fingerprint density at radius 1 is 1.21 bits per heavy atom. The molecule has 1 aliphatic rings. The summed E-state index contributed by atoms with van der Waals surface area (Å²) in [6.45, 7) is 2.25. The van der Waals surface area contributed by atoms with Crippen LogP contribution in [0.4, 0.5) is 0 Å². The molecule has 3 atom stereocenters. The Hall–Kier alpha value is -2.77. The van der Waals surface area contributed by atoms with Gasteiger partial charge in [0.2, 0.25) is 5.91 Å². The molecule has 1 fully saturated rings. The summed E-state index contributed by atoms with van der Waals surface area (Å²) in [5.74, 6) is -1.59. The summed E-state index contributed by atoms with van der Waals surface area (Å²) in [7, 11) is 0. The maximum Gasteiger partial charge on any atom is 0.305 e. The summed E-state index contributed by atoms with van der Waals surface area (Å²) >= 11 is 0. The van der Waals surface area contributed by atoms with E-state index in [0.717, 1.165) is 29.2 Å². The fourth-order valence-corrected chi connectivity index (χ4v) is 3.82. The molecule has 7 heteroatoms. The minimum atomic E-state index is -1.15. The molecule has 2 aromatic carbocycles. The number of hydrogen-bond acceptors (Lipinski definition) is 5. The van der Waals surface area contributed by atoms with Crippen molar-refractivity contribution in [1.82, 2.24) is 10.6 Å². The topological polar surface area (TPSA) is 105 Å². The number of aliphatic carboxylic acids is 1. The summed E-state index contributed by atoms with van der Waals surface area (Å²) in [6, 6.07) is 12.3. The lowest BCUT2D eigenvalue weighted by atomic mass is 9.89. The van der Waals surface area contributed by atoms with Crippen LogP contribution in [0.15, 0.2) is 42.5 Å². The van der Waals surface area contributed by atoms with Crippen LogP contribution in [0, 0.1) is 0 Å². The predicted molar refractivity (Wildman–Crippen MR) is 108 cm³/mol. The molecule has 0 aliphatic carbocycles. The van der Waals surface area contributed by atoms with E-state index >= 15 is 0 Å². The van der Waals surface area contributed by atoms with Crippen LogP contribution in [-0.4, -0.2) is 42.0 Å². The van der Waals surface area contributed by atoms with Gasteiger partial charge in [0.15, 0.2) is 0 Å². The Balaban J connectivity index is 1.86. The molecule has 29 heavy (non-hydrogen) atoms. The van der Waals surface area contributed by atoms with Crippen LogP contribution in [0.1, 0.15) is 38.2 Å². The lowest BCUT2D eigenvalue weighted by Crippen LogP contribution is -2.56. The first kappa shape index (κ1) is 21.0. The number of rotatable bonds is 8. The monoisotopic (exact) mass is 398 g/mol. The highest BCUT2D eigenvalue weighted by molar-refractivity contribution is 5.87. The van der Waals surface area contributed by atoms with Crippen LogP contribution in [0.2, 0.25) is 0 Å². The van der Waals surface area contributed by atoms with Crippen LogP contribution in [0.3, 0.4) is 0 Å². The van der Waals surface area contributed by atoms with Gasteiger partial charge in [-0.3, -0.25) is 14.9 Å². The highest BCUT2D eigenvalue weighted by Crippen LogP contribution is 2.37. The number of carboxylic acid groups (broad SMARTS) is 1. The van der Waals surface area contributed by atoms with E-state index in [1.807, 2.05) is 42.5 Å². The SMILES string of the molecule is C[C@H](NC1(c2cccc3ccccc23)CCCCO1)C(=O)N[C@H](C=O)CC(=O)O. The van der Waals surface area contributed by atoms with Crippen molar-refractivity contribution in [2.75, 3.05) is 6.61 Å². The molecule has 3 rings (SSSR count). The first-order valence-corrected chi connectivity index (χ1v) is 9.82. The summed E-state index contributed by atoms with van der Waals surface area (Å²) in [5, 5.41) is 16.8. The quantitative estimate of drug-likeness (QED) is 0.590. The second-order valence-electron chi connectivity index (χ2n) is 7.37. The van der Waals surface area contributed by atoms with Gasteiger partial charge in [-0.1, -0.05) is 42.5 Å². The molecule has 1 heterocycles. The number of hydrogen-bond donors (Lipinski definition) is 3. The van der Waals surface area contributed by atoms with E-state index in [1.54, 1.807) is 6.92 Å². The van der Waals surface area contributed by atoms with Gasteiger partial charge in [-0.15, -0.1) is 0 Å². The molecule has 0 radical (unpaired) electrons. The average Bonchev–Trinajstić information content (AvgIpc) is 2.73. The minimum absolute atomic E-state index is 0.441. The van der Waals surface area contributed by atoms with Crippen molar-refractivity contribution < 1.29 is 24.2 Å². The van der Waals surface area contributed by atoms with Crippen molar-refractivity contribution in [3.05, 3.63) is 48.0 Å². The van der Waals surface area contributed by atoms with Crippen molar-refractivity contribution in [3.8, 4) is 0 Å². The molecule has 0 aromatic heterocycles. The van der Waals surface area contributed by atoms with Gasteiger partial charge in [-0.25, -0.2) is 0 Å². The third kappa shape index (κ3) is 4.81. The molecule has 1 unspecified atom stereocenters. The molecular formula is C22H26N2O5. The van der Waals surface area contributed by atoms with E-state index in [1.165, 1.54) is 0 Å². The molecule has 1 amide bonds. The number of ether oxygens (including phenoxy) is 1. The van der Waals surface area contributed by atoms with Crippen molar-refractivity contribution in [2.45, 2.75) is 50.4 Å². The van der Waals surface area contributed by atoms with E-state index in [2.05, 4.69) is 10.6 Å². The maximum atomic E-state index is 12.6. The lowest BCUT2D eigenvalue weighted by Gasteiger charge is -2.41. The Labute approximate surface area is 169 Å². The molecule has 2 aromatic rings. The zero-order valence-electron chi connectivity index (χ0n) is 16.4. The largest absolute Gasteiger partial charge is 0.481 e. The number of aldehydes is 1. The summed E-state index contributed by atoms with van der Waals surface area (Å²) in [6.07, 6.45) is 2.58. The molecule has 0 spiro atoms. The molecule has 0 saturated carbocycles. The Morgan fingerprint density at radius 3 is 2.66 bits per heavy atom. The third-order valence-corrected chi connectivity index (χ3v) is 5.23. The van der Waals surface area contributed by atoms with Crippen molar-refractivity contribution in [3.63, 3.8) is 0 Å². The first-order valence-electron chi connectivity index (χ1n) is 9.82. The predicted octanol–water partition coefficient (Wildman–Crippen LogP) is 2.33. The first-order chi connectivity index (χ1) is 13.9. The van der Waals surface area contributed by atoms with Crippen molar-refractivity contribution in [2.24, 2.45) is 0 Å². The normalized spacial score (nSPS) is 21.3. The highest BCUT2D eigenvalue weighted by atomic mass is 16.5. The number of carbonyl (C=O) groups excluding carboxylic acids is 2. The van der Waals surface area contributed by atoms with E-state index in [-0.39, 0.29) is 0 Å². The molecule has 1 saturated heterocycles. The van der Waals surface area contributed by atoms with Crippen LogP contribution in [-0.2, 0) is 24.8 Å². The zero-order chi connectivity index (χ0) is 20.9. The Bertz CT molecular complexity index is 886. The highest BCUT2D eigenvalue weighted by Gasteiger charge is 2.39. The number of carbonyl (C=O) groups is 3. The van der Waals surface area contributed by atoms with Crippen LogP contribution < -0.4 is 10.6 Å². The Kier molecular flexibility index (Phi) is 6.61. The van der Waals surface area contributed by atoms with Gasteiger partial charge in [-0.05, 0) is 37.0 Å². The lowest BCUT2D eigenvalue weighted by molar-refractivity contribution is -0.140. The second kappa shape index (κ2) is 9.15. The number of fused-ring (bicyclic) bond motifs is 1. The van der Waals surface area contributed by atoms with Gasteiger partial charge in [0.1, 0.15) is 12.0 Å². The third-order valence-electron chi connectivity index (χ3n) is 5.23. The standard InChI is InChI=1S/C22H26N2O5/c1-15(21(28)23-17(14-25)13-20(26)27)24-22(11-4-5-12-29-22)19-10-6-8-16-7-2-3-9-18(16)19/h2-3,6-10,14-15,17,24H,4-5,11-13H2,1H3,(H,23,28)(H,26,27)/t15-,17-,22?/m0/s1. The summed E-state index contributed by atoms with van der Waals surface area (Å²) in [5.41, 5.74) is 0.131. The van der Waals surface area contributed by atoms with E-state index in [0.29, 0.717) is 19.3 Å². The van der Waals surface area contributed by atoms with Crippen LogP contribution >= 0.6 is 0 Å². The van der Waals surface area contributed by atoms with E-state index in [9.17, 15) is 14.4 Å². The smallest absolute Gasteiger partial charge is 0.305 e. The fraction of sp³-hybridized carbons (Fsp3) is 0.409. The molecule has 1 aliphatic heterocycles. The van der Waals surface area contributed by atoms with E-state index < -0.39 is 36.1 Å². The van der Waals surface area contributed by atoms with Gasteiger partial charge >= 0.3 is 5.97 Å². The van der Waals surface area contributed by atoms with Gasteiger partial charge in [-0.2, -0.15) is 0 Å². The summed E-state index contributed by atoms with van der Waals surface area (Å²) in [4.78, 5) is 34.6. The van der Waals surface area contributed by atoms with Gasteiger partial charge in [0.05, 0.1) is 18.5 Å². The van der Waals surface area contributed by atoms with Gasteiger partial charge < -0.3 is 20.0 Å². The summed E-state index contributed by atoms with van der Waals surface area (Å²) < 4.78 is 6.22. The average molecular weight is 398 g/mol.